The first-order valence-electron chi connectivity index (χ1n) is 13.8. The summed E-state index contributed by atoms with van der Waals surface area (Å²) in [6.07, 6.45) is 20.2. The van der Waals surface area contributed by atoms with E-state index in [1.807, 2.05) is 44.1 Å². The van der Waals surface area contributed by atoms with Crippen LogP contribution < -0.4 is 9.64 Å². The Labute approximate surface area is 209 Å². The van der Waals surface area contributed by atoms with Gasteiger partial charge in [0.15, 0.2) is 5.75 Å². The van der Waals surface area contributed by atoms with Crippen LogP contribution in [-0.4, -0.2) is 24.1 Å². The van der Waals surface area contributed by atoms with Crippen LogP contribution in [0.1, 0.15) is 114 Å². The third kappa shape index (κ3) is 11.4. The molecular formula is C30H49N3O. The van der Waals surface area contributed by atoms with Crippen molar-refractivity contribution < 1.29 is 4.74 Å². The Morgan fingerprint density at radius 3 is 1.76 bits per heavy atom. The maximum absolute atomic E-state index is 6.21. The van der Waals surface area contributed by atoms with Crippen LogP contribution in [0.2, 0.25) is 0 Å². The van der Waals surface area contributed by atoms with E-state index in [0.717, 1.165) is 35.9 Å². The van der Waals surface area contributed by atoms with Crippen molar-refractivity contribution in [3.8, 4) is 5.75 Å². The molecule has 0 N–H and O–H groups in total. The van der Waals surface area contributed by atoms with Gasteiger partial charge in [-0.25, -0.2) is 9.97 Å². The number of unbranched alkanes of at least 4 members (excludes halogenated alkanes) is 13. The first kappa shape index (κ1) is 28.1. The number of anilines is 1. The van der Waals surface area contributed by atoms with Crippen molar-refractivity contribution in [1.82, 2.24) is 9.97 Å². The van der Waals surface area contributed by atoms with Crippen molar-refractivity contribution in [2.75, 3.05) is 19.0 Å². The Kier molecular flexibility index (Phi) is 14.4. The second-order valence-corrected chi connectivity index (χ2v) is 9.90. The minimum Gasteiger partial charge on any atom is -0.485 e. The fourth-order valence-electron chi connectivity index (χ4n) is 4.38. The molecule has 1 aromatic carbocycles. The molecule has 4 heteroatoms. The van der Waals surface area contributed by atoms with E-state index in [1.165, 1.54) is 89.0 Å². The SMILES string of the molecule is CCCCCCCCCCCCCCCCc1nc(N(C)C)nc(C)c1OCc1ccccc1. The molecule has 0 aliphatic heterocycles. The van der Waals surface area contributed by atoms with Crippen LogP contribution >= 0.6 is 0 Å². The van der Waals surface area contributed by atoms with Gasteiger partial charge in [-0.05, 0) is 25.3 Å². The third-order valence-corrected chi connectivity index (χ3v) is 6.49. The first-order valence-corrected chi connectivity index (χ1v) is 13.8. The molecule has 0 aliphatic carbocycles. The predicted octanol–water partition coefficient (Wildman–Crippen LogP) is 8.45. The molecule has 2 aromatic rings. The lowest BCUT2D eigenvalue weighted by Crippen LogP contribution is -2.16. The molecule has 0 saturated carbocycles. The molecule has 0 saturated heterocycles. The first-order chi connectivity index (χ1) is 16.6. The van der Waals surface area contributed by atoms with Crippen molar-refractivity contribution in [2.45, 2.75) is 117 Å². The summed E-state index contributed by atoms with van der Waals surface area (Å²) < 4.78 is 6.21. The van der Waals surface area contributed by atoms with Crippen molar-refractivity contribution in [2.24, 2.45) is 0 Å². The van der Waals surface area contributed by atoms with Crippen LogP contribution in [0.15, 0.2) is 30.3 Å². The zero-order valence-corrected chi connectivity index (χ0v) is 22.5. The molecule has 0 aliphatic rings. The molecule has 1 aromatic heterocycles. The number of benzene rings is 1. The monoisotopic (exact) mass is 467 g/mol. The largest absolute Gasteiger partial charge is 0.485 e. The van der Waals surface area contributed by atoms with E-state index in [9.17, 15) is 0 Å². The summed E-state index contributed by atoms with van der Waals surface area (Å²) in [6.45, 7) is 4.87. The van der Waals surface area contributed by atoms with Crippen LogP contribution in [0.4, 0.5) is 5.95 Å². The number of ether oxygens (including phenoxy) is 1. The highest BCUT2D eigenvalue weighted by Gasteiger charge is 2.14. The second kappa shape index (κ2) is 17.4. The molecule has 0 radical (unpaired) electrons. The summed E-state index contributed by atoms with van der Waals surface area (Å²) in [6, 6.07) is 10.3. The summed E-state index contributed by atoms with van der Waals surface area (Å²) in [4.78, 5) is 11.5. The summed E-state index contributed by atoms with van der Waals surface area (Å²) in [7, 11) is 3.99. The van der Waals surface area contributed by atoms with Gasteiger partial charge in [0.05, 0.1) is 11.4 Å². The minimum absolute atomic E-state index is 0.554. The average molecular weight is 468 g/mol. The topological polar surface area (TPSA) is 38.2 Å². The molecule has 0 amide bonds. The highest BCUT2D eigenvalue weighted by molar-refractivity contribution is 5.40. The van der Waals surface area contributed by atoms with Gasteiger partial charge in [-0.15, -0.1) is 0 Å². The van der Waals surface area contributed by atoms with Crippen molar-refractivity contribution in [3.63, 3.8) is 0 Å². The fourth-order valence-corrected chi connectivity index (χ4v) is 4.38. The molecular weight excluding hydrogens is 418 g/mol. The Morgan fingerprint density at radius 2 is 1.24 bits per heavy atom. The summed E-state index contributed by atoms with van der Waals surface area (Å²) in [5.74, 6) is 1.63. The Balaban J connectivity index is 1.67. The molecule has 0 atom stereocenters. The van der Waals surface area contributed by atoms with E-state index in [0.29, 0.717) is 6.61 Å². The maximum atomic E-state index is 6.21. The third-order valence-electron chi connectivity index (χ3n) is 6.49. The van der Waals surface area contributed by atoms with E-state index >= 15 is 0 Å². The molecule has 34 heavy (non-hydrogen) atoms. The van der Waals surface area contributed by atoms with Gasteiger partial charge in [0.1, 0.15) is 6.61 Å². The van der Waals surface area contributed by atoms with E-state index in [-0.39, 0.29) is 0 Å². The number of nitrogens with zero attached hydrogens (tertiary/aromatic N) is 3. The Morgan fingerprint density at radius 1 is 0.706 bits per heavy atom. The second-order valence-electron chi connectivity index (χ2n) is 9.90. The molecule has 1 heterocycles. The number of aryl methyl sites for hydroxylation is 2. The van der Waals surface area contributed by atoms with Gasteiger partial charge in [-0.1, -0.05) is 121 Å². The Bertz CT molecular complexity index is 776. The number of hydrogen-bond acceptors (Lipinski definition) is 4. The van der Waals surface area contributed by atoms with Crippen LogP contribution in [0.25, 0.3) is 0 Å². The highest BCUT2D eigenvalue weighted by atomic mass is 16.5. The van der Waals surface area contributed by atoms with Gasteiger partial charge in [-0.3, -0.25) is 0 Å². The normalized spacial score (nSPS) is 11.1. The van der Waals surface area contributed by atoms with E-state index in [4.69, 9.17) is 9.72 Å². The van der Waals surface area contributed by atoms with Gasteiger partial charge in [0.25, 0.3) is 0 Å². The van der Waals surface area contributed by atoms with Gasteiger partial charge >= 0.3 is 0 Å². The van der Waals surface area contributed by atoms with Crippen LogP contribution in [0.3, 0.4) is 0 Å². The van der Waals surface area contributed by atoms with Crippen molar-refractivity contribution in [3.05, 3.63) is 47.3 Å². The molecule has 4 nitrogen and oxygen atoms in total. The molecule has 2 rings (SSSR count). The average Bonchev–Trinajstić information content (AvgIpc) is 2.84. The number of hydrogen-bond donors (Lipinski definition) is 0. The molecule has 0 unspecified atom stereocenters. The van der Waals surface area contributed by atoms with Crippen LogP contribution in [0, 0.1) is 6.92 Å². The zero-order valence-electron chi connectivity index (χ0n) is 22.5. The fraction of sp³-hybridized carbons (Fsp3) is 0.667. The van der Waals surface area contributed by atoms with Crippen molar-refractivity contribution >= 4 is 5.95 Å². The lowest BCUT2D eigenvalue weighted by molar-refractivity contribution is 0.297. The smallest absolute Gasteiger partial charge is 0.225 e. The Hall–Kier alpha value is -2.10. The van der Waals surface area contributed by atoms with Gasteiger partial charge in [-0.2, -0.15) is 0 Å². The maximum Gasteiger partial charge on any atom is 0.225 e. The van der Waals surface area contributed by atoms with Crippen LogP contribution in [0.5, 0.6) is 5.75 Å². The number of aromatic nitrogens is 2. The van der Waals surface area contributed by atoms with Crippen molar-refractivity contribution in [1.29, 1.82) is 0 Å². The molecule has 0 spiro atoms. The summed E-state index contributed by atoms with van der Waals surface area (Å²) >= 11 is 0. The summed E-state index contributed by atoms with van der Waals surface area (Å²) in [5, 5.41) is 0. The van der Waals surface area contributed by atoms with Crippen LogP contribution in [-0.2, 0) is 13.0 Å². The van der Waals surface area contributed by atoms with E-state index in [1.54, 1.807) is 0 Å². The lowest BCUT2D eigenvalue weighted by Gasteiger charge is -2.17. The molecule has 0 fully saturated rings. The zero-order chi connectivity index (χ0) is 24.4. The molecule has 190 valence electrons. The highest BCUT2D eigenvalue weighted by Crippen LogP contribution is 2.26. The number of rotatable bonds is 19. The van der Waals surface area contributed by atoms with E-state index < -0.39 is 0 Å². The predicted molar refractivity (Wildman–Crippen MR) is 146 cm³/mol. The van der Waals surface area contributed by atoms with Gasteiger partial charge < -0.3 is 9.64 Å². The lowest BCUT2D eigenvalue weighted by atomic mass is 10.0. The quantitative estimate of drug-likeness (QED) is 0.194. The van der Waals surface area contributed by atoms with Gasteiger partial charge in [0.2, 0.25) is 5.95 Å². The summed E-state index contributed by atoms with van der Waals surface area (Å²) in [5.41, 5.74) is 3.14. The standard InChI is InChI=1S/C30H49N3O/c1-5-6-7-8-9-10-11-12-13-14-15-16-17-21-24-28-29(26(2)31-30(32-28)33(3)4)34-25-27-22-19-18-20-23-27/h18-20,22-23H,5-17,21,24-25H2,1-4H3. The molecule has 0 bridgehead atoms. The van der Waals surface area contributed by atoms with Gasteiger partial charge in [0, 0.05) is 14.1 Å². The minimum atomic E-state index is 0.554. The van der Waals surface area contributed by atoms with E-state index in [2.05, 4.69) is 24.0 Å².